The molecule has 2 N–H and O–H groups in total. The maximum Gasteiger partial charge on any atom is 0.123 e. The summed E-state index contributed by atoms with van der Waals surface area (Å²) >= 11 is 0. The number of benzene rings is 2. The predicted octanol–water partition coefficient (Wildman–Crippen LogP) is 3.69. The molecule has 1 atom stereocenters. The average molecular weight is 243 g/mol. The Hall–Kier alpha value is -1.67. The molecule has 2 aromatic carbocycles. The molecule has 1 unspecified atom stereocenters. The van der Waals surface area contributed by atoms with Crippen LogP contribution < -0.4 is 5.73 Å². The van der Waals surface area contributed by atoms with Crippen molar-refractivity contribution >= 4 is 0 Å². The minimum atomic E-state index is -0.217. The van der Waals surface area contributed by atoms with Crippen molar-refractivity contribution in [2.24, 2.45) is 5.73 Å². The van der Waals surface area contributed by atoms with Crippen LogP contribution in [0.1, 0.15) is 28.3 Å². The zero-order valence-electron chi connectivity index (χ0n) is 10.8. The van der Waals surface area contributed by atoms with Crippen LogP contribution in [-0.4, -0.2) is 0 Å². The Kier molecular flexibility index (Phi) is 3.78. The minimum absolute atomic E-state index is 0.166. The molecule has 2 aromatic rings. The van der Waals surface area contributed by atoms with Crippen LogP contribution in [0, 0.1) is 19.7 Å². The largest absolute Gasteiger partial charge is 0.324 e. The fraction of sp³-hybridized carbons (Fsp3) is 0.250. The fourth-order valence-corrected chi connectivity index (χ4v) is 2.17. The first-order chi connectivity index (χ1) is 8.56. The number of rotatable bonds is 3. The molecule has 1 nitrogen and oxygen atoms in total. The maximum absolute atomic E-state index is 13.4. The fourth-order valence-electron chi connectivity index (χ4n) is 2.17. The molecule has 0 aliphatic heterocycles. The van der Waals surface area contributed by atoms with Crippen molar-refractivity contribution in [1.82, 2.24) is 0 Å². The lowest BCUT2D eigenvalue weighted by Crippen LogP contribution is -2.14. The first-order valence-electron chi connectivity index (χ1n) is 6.13. The molecule has 18 heavy (non-hydrogen) atoms. The van der Waals surface area contributed by atoms with Crippen LogP contribution >= 0.6 is 0 Å². The number of hydrogen-bond acceptors (Lipinski definition) is 1. The summed E-state index contributed by atoms with van der Waals surface area (Å²) in [4.78, 5) is 0. The Morgan fingerprint density at radius 2 is 1.83 bits per heavy atom. The molecule has 0 amide bonds. The molecule has 0 aliphatic rings. The van der Waals surface area contributed by atoms with E-state index in [1.54, 1.807) is 0 Å². The van der Waals surface area contributed by atoms with E-state index < -0.39 is 0 Å². The zero-order chi connectivity index (χ0) is 13.1. The summed E-state index contributed by atoms with van der Waals surface area (Å²) in [5.41, 5.74) is 10.4. The molecule has 2 rings (SSSR count). The predicted molar refractivity (Wildman–Crippen MR) is 72.9 cm³/mol. The number of aryl methyl sites for hydroxylation is 2. The van der Waals surface area contributed by atoms with Crippen molar-refractivity contribution in [3.8, 4) is 0 Å². The van der Waals surface area contributed by atoms with Gasteiger partial charge in [-0.05, 0) is 54.7 Å². The van der Waals surface area contributed by atoms with Gasteiger partial charge in [0.1, 0.15) is 5.82 Å². The normalized spacial score (nSPS) is 12.4. The average Bonchev–Trinajstić information content (AvgIpc) is 2.31. The van der Waals surface area contributed by atoms with Crippen LogP contribution in [0.4, 0.5) is 4.39 Å². The van der Waals surface area contributed by atoms with Gasteiger partial charge in [0, 0.05) is 6.04 Å². The van der Waals surface area contributed by atoms with E-state index in [1.807, 2.05) is 25.1 Å². The molecular weight excluding hydrogens is 225 g/mol. The Labute approximate surface area is 107 Å². The van der Waals surface area contributed by atoms with E-state index in [9.17, 15) is 4.39 Å². The Morgan fingerprint density at radius 1 is 1.11 bits per heavy atom. The molecule has 0 saturated heterocycles. The van der Waals surface area contributed by atoms with E-state index in [2.05, 4.69) is 19.1 Å². The van der Waals surface area contributed by atoms with Gasteiger partial charge in [-0.15, -0.1) is 0 Å². The molecule has 0 aliphatic carbocycles. The van der Waals surface area contributed by atoms with Crippen molar-refractivity contribution < 1.29 is 4.39 Å². The van der Waals surface area contributed by atoms with E-state index in [4.69, 9.17) is 5.73 Å². The lowest BCUT2D eigenvalue weighted by atomic mass is 9.96. The summed E-state index contributed by atoms with van der Waals surface area (Å²) in [6.07, 6.45) is 0.732. The lowest BCUT2D eigenvalue weighted by Gasteiger charge is -2.14. The summed E-state index contributed by atoms with van der Waals surface area (Å²) in [6, 6.07) is 13.0. The van der Waals surface area contributed by atoms with Crippen molar-refractivity contribution in [3.63, 3.8) is 0 Å². The van der Waals surface area contributed by atoms with Crippen LogP contribution in [0.5, 0.6) is 0 Å². The van der Waals surface area contributed by atoms with Crippen LogP contribution in [-0.2, 0) is 6.42 Å². The molecule has 0 spiro atoms. The Balaban J connectivity index is 2.22. The lowest BCUT2D eigenvalue weighted by molar-refractivity contribution is 0.617. The molecule has 0 fully saturated rings. The second-order valence-corrected chi connectivity index (χ2v) is 4.80. The van der Waals surface area contributed by atoms with Gasteiger partial charge in [-0.3, -0.25) is 0 Å². The molecule has 94 valence electrons. The molecular formula is C16H18FN. The highest BCUT2D eigenvalue weighted by molar-refractivity contribution is 5.31. The highest BCUT2D eigenvalue weighted by Gasteiger charge is 2.10. The molecule has 0 radical (unpaired) electrons. The summed E-state index contributed by atoms with van der Waals surface area (Å²) < 4.78 is 13.4. The van der Waals surface area contributed by atoms with Gasteiger partial charge < -0.3 is 5.73 Å². The van der Waals surface area contributed by atoms with Crippen molar-refractivity contribution in [2.45, 2.75) is 26.3 Å². The van der Waals surface area contributed by atoms with Crippen LogP contribution in [0.25, 0.3) is 0 Å². The maximum atomic E-state index is 13.4. The summed E-state index contributed by atoms with van der Waals surface area (Å²) in [5, 5.41) is 0. The Morgan fingerprint density at radius 3 is 2.50 bits per heavy atom. The quantitative estimate of drug-likeness (QED) is 0.874. The van der Waals surface area contributed by atoms with Gasteiger partial charge in [-0.1, -0.05) is 30.3 Å². The molecule has 0 saturated carbocycles. The highest BCUT2D eigenvalue weighted by Crippen LogP contribution is 2.20. The monoisotopic (exact) mass is 243 g/mol. The van der Waals surface area contributed by atoms with Gasteiger partial charge in [0.2, 0.25) is 0 Å². The second-order valence-electron chi connectivity index (χ2n) is 4.80. The van der Waals surface area contributed by atoms with Gasteiger partial charge in [-0.2, -0.15) is 0 Å². The zero-order valence-corrected chi connectivity index (χ0v) is 10.8. The van der Waals surface area contributed by atoms with E-state index in [0.29, 0.717) is 0 Å². The third-order valence-corrected chi connectivity index (χ3v) is 3.19. The third kappa shape index (κ3) is 2.96. The number of nitrogens with two attached hydrogens (primary N) is 1. The smallest absolute Gasteiger partial charge is 0.123 e. The first kappa shape index (κ1) is 12.8. The standard InChI is InChI=1S/C16H18FN/c1-11-7-14(9-15(17)8-11)16(18)10-13-6-4-3-5-12(13)2/h3-9,16H,10,18H2,1-2H3. The molecule has 0 bridgehead atoms. The molecule has 2 heteroatoms. The van der Waals surface area contributed by atoms with Gasteiger partial charge in [-0.25, -0.2) is 4.39 Å². The van der Waals surface area contributed by atoms with Gasteiger partial charge in [0.05, 0.1) is 0 Å². The third-order valence-electron chi connectivity index (χ3n) is 3.19. The summed E-state index contributed by atoms with van der Waals surface area (Å²) in [6.45, 7) is 3.95. The summed E-state index contributed by atoms with van der Waals surface area (Å²) in [5.74, 6) is -0.217. The summed E-state index contributed by atoms with van der Waals surface area (Å²) in [7, 11) is 0. The van der Waals surface area contributed by atoms with Crippen molar-refractivity contribution in [2.75, 3.05) is 0 Å². The topological polar surface area (TPSA) is 26.0 Å². The highest BCUT2D eigenvalue weighted by atomic mass is 19.1. The van der Waals surface area contributed by atoms with E-state index in [-0.39, 0.29) is 11.9 Å². The number of hydrogen-bond donors (Lipinski definition) is 1. The SMILES string of the molecule is Cc1cc(F)cc(C(N)Cc2ccccc2C)c1. The van der Waals surface area contributed by atoms with Crippen molar-refractivity contribution in [1.29, 1.82) is 0 Å². The number of halogens is 1. The van der Waals surface area contributed by atoms with E-state index in [0.717, 1.165) is 17.5 Å². The van der Waals surface area contributed by atoms with Crippen molar-refractivity contribution in [3.05, 3.63) is 70.5 Å². The second kappa shape index (κ2) is 5.32. The van der Waals surface area contributed by atoms with Gasteiger partial charge in [0.25, 0.3) is 0 Å². The molecule has 0 heterocycles. The van der Waals surface area contributed by atoms with E-state index >= 15 is 0 Å². The minimum Gasteiger partial charge on any atom is -0.324 e. The first-order valence-corrected chi connectivity index (χ1v) is 6.13. The Bertz CT molecular complexity index is 528. The van der Waals surface area contributed by atoms with E-state index in [1.165, 1.54) is 23.3 Å². The van der Waals surface area contributed by atoms with Gasteiger partial charge in [0.15, 0.2) is 0 Å². The van der Waals surface area contributed by atoms with Crippen LogP contribution in [0.15, 0.2) is 42.5 Å². The van der Waals surface area contributed by atoms with Gasteiger partial charge >= 0.3 is 0 Å². The van der Waals surface area contributed by atoms with Crippen LogP contribution in [0.3, 0.4) is 0 Å². The van der Waals surface area contributed by atoms with Crippen LogP contribution in [0.2, 0.25) is 0 Å². The molecule has 0 aromatic heterocycles.